The number of rotatable bonds is 4. The summed E-state index contributed by atoms with van der Waals surface area (Å²) in [4.78, 5) is 4.49. The third kappa shape index (κ3) is 2.26. The zero-order valence-corrected chi connectivity index (χ0v) is 10.2. The van der Waals surface area contributed by atoms with Crippen molar-refractivity contribution in [3.8, 4) is 0 Å². The molecule has 1 aromatic heterocycles. The van der Waals surface area contributed by atoms with E-state index in [-0.39, 0.29) is 0 Å². The predicted molar refractivity (Wildman–Crippen MR) is 62.0 cm³/mol. The summed E-state index contributed by atoms with van der Waals surface area (Å²) in [6, 6.07) is 0. The molecule has 1 aliphatic rings. The quantitative estimate of drug-likeness (QED) is 0.850. The molecule has 0 radical (unpaired) electrons. The largest absolute Gasteiger partial charge is 0.339 e. The van der Waals surface area contributed by atoms with Crippen molar-refractivity contribution in [1.82, 2.24) is 10.1 Å². The summed E-state index contributed by atoms with van der Waals surface area (Å²) in [7, 11) is 0. The monoisotopic (exact) mass is 223 g/mol. The van der Waals surface area contributed by atoms with Gasteiger partial charge in [-0.25, -0.2) is 0 Å². The van der Waals surface area contributed by atoms with Gasteiger partial charge in [-0.15, -0.1) is 0 Å². The molecule has 90 valence electrons. The summed E-state index contributed by atoms with van der Waals surface area (Å²) in [6.07, 6.45) is 5.43. The summed E-state index contributed by atoms with van der Waals surface area (Å²) in [5.41, 5.74) is 5.77. The van der Waals surface area contributed by atoms with Gasteiger partial charge in [0.2, 0.25) is 5.89 Å². The molecule has 1 fully saturated rings. The van der Waals surface area contributed by atoms with Crippen molar-refractivity contribution in [3.63, 3.8) is 0 Å². The Hall–Kier alpha value is -0.900. The van der Waals surface area contributed by atoms with E-state index < -0.39 is 0 Å². The molecule has 1 saturated carbocycles. The number of nitrogens with two attached hydrogens (primary N) is 1. The highest BCUT2D eigenvalue weighted by molar-refractivity contribution is 5.03. The third-order valence-corrected chi connectivity index (χ3v) is 3.64. The van der Waals surface area contributed by atoms with E-state index in [1.807, 2.05) is 0 Å². The average Bonchev–Trinajstić information content (AvgIpc) is 2.81. The second-order valence-corrected chi connectivity index (χ2v) is 5.37. The minimum absolute atomic E-state index is 0.303. The Labute approximate surface area is 96.6 Å². The van der Waals surface area contributed by atoms with Gasteiger partial charge in [0.25, 0.3) is 0 Å². The van der Waals surface area contributed by atoms with Gasteiger partial charge in [0.15, 0.2) is 5.82 Å². The lowest BCUT2D eigenvalue weighted by Crippen LogP contribution is -2.15. The number of nitrogens with zero attached hydrogens (tertiary/aromatic N) is 2. The van der Waals surface area contributed by atoms with Gasteiger partial charge in [-0.2, -0.15) is 4.98 Å². The molecule has 4 heteroatoms. The van der Waals surface area contributed by atoms with Gasteiger partial charge < -0.3 is 10.3 Å². The highest BCUT2D eigenvalue weighted by Gasteiger charge is 2.38. The highest BCUT2D eigenvalue weighted by atomic mass is 16.5. The smallest absolute Gasteiger partial charge is 0.230 e. The van der Waals surface area contributed by atoms with E-state index in [1.165, 1.54) is 19.3 Å². The molecular formula is C12H21N3O. The van der Waals surface area contributed by atoms with Crippen LogP contribution in [0.25, 0.3) is 0 Å². The molecular weight excluding hydrogens is 202 g/mol. The summed E-state index contributed by atoms with van der Waals surface area (Å²) in [6.45, 7) is 5.25. The Kier molecular flexibility index (Phi) is 3.28. The van der Waals surface area contributed by atoms with Crippen molar-refractivity contribution >= 4 is 0 Å². The van der Waals surface area contributed by atoms with Crippen LogP contribution in [0.4, 0.5) is 0 Å². The normalized spacial score (nSPS) is 23.8. The van der Waals surface area contributed by atoms with E-state index >= 15 is 0 Å². The molecule has 2 N–H and O–H groups in total. The van der Waals surface area contributed by atoms with Crippen LogP contribution in [0.2, 0.25) is 0 Å². The van der Waals surface area contributed by atoms with Crippen molar-refractivity contribution < 1.29 is 4.52 Å². The molecule has 1 atom stereocenters. The summed E-state index contributed by atoms with van der Waals surface area (Å²) >= 11 is 0. The molecule has 0 amide bonds. The first kappa shape index (κ1) is 11.6. The Morgan fingerprint density at radius 1 is 1.50 bits per heavy atom. The van der Waals surface area contributed by atoms with Crippen molar-refractivity contribution in [2.24, 2.45) is 11.1 Å². The summed E-state index contributed by atoms with van der Waals surface area (Å²) in [5.74, 6) is 2.07. The van der Waals surface area contributed by atoms with E-state index in [4.69, 9.17) is 10.3 Å². The fraction of sp³-hybridized carbons (Fsp3) is 0.833. The van der Waals surface area contributed by atoms with Crippen LogP contribution in [0.3, 0.4) is 0 Å². The van der Waals surface area contributed by atoms with E-state index in [0.717, 1.165) is 24.6 Å². The predicted octanol–water partition coefficient (Wildman–Crippen LogP) is 2.25. The first-order valence-electron chi connectivity index (χ1n) is 6.16. The van der Waals surface area contributed by atoms with Gasteiger partial charge in [-0.3, -0.25) is 0 Å². The minimum atomic E-state index is 0.303. The standard InChI is InChI=1S/C12H21N3O/c1-12(2)7-3-5-9(12)11-14-10(15-16-11)6-4-8-13/h9H,3-8,13H2,1-2H3. The first-order chi connectivity index (χ1) is 7.63. The van der Waals surface area contributed by atoms with Crippen molar-refractivity contribution in [3.05, 3.63) is 11.7 Å². The zero-order chi connectivity index (χ0) is 11.6. The molecule has 16 heavy (non-hydrogen) atoms. The lowest BCUT2D eigenvalue weighted by Gasteiger charge is -2.23. The molecule has 0 spiro atoms. The van der Waals surface area contributed by atoms with Gasteiger partial charge in [-0.1, -0.05) is 25.4 Å². The van der Waals surface area contributed by atoms with Crippen LogP contribution in [0.15, 0.2) is 4.52 Å². The van der Waals surface area contributed by atoms with E-state index in [1.54, 1.807) is 0 Å². The summed E-state index contributed by atoms with van der Waals surface area (Å²) < 4.78 is 5.38. The molecule has 0 aliphatic heterocycles. The van der Waals surface area contributed by atoms with E-state index in [0.29, 0.717) is 17.9 Å². The average molecular weight is 223 g/mol. The van der Waals surface area contributed by atoms with Gasteiger partial charge in [0.05, 0.1) is 0 Å². The van der Waals surface area contributed by atoms with Crippen LogP contribution in [0.5, 0.6) is 0 Å². The zero-order valence-electron chi connectivity index (χ0n) is 10.2. The number of hydrogen-bond donors (Lipinski definition) is 1. The van der Waals surface area contributed by atoms with Crippen molar-refractivity contribution in [2.45, 2.75) is 51.9 Å². The number of aromatic nitrogens is 2. The van der Waals surface area contributed by atoms with Gasteiger partial charge >= 0.3 is 0 Å². The number of hydrogen-bond acceptors (Lipinski definition) is 4. The lowest BCUT2D eigenvalue weighted by molar-refractivity contribution is 0.260. The lowest BCUT2D eigenvalue weighted by atomic mass is 9.82. The van der Waals surface area contributed by atoms with Crippen molar-refractivity contribution in [2.75, 3.05) is 6.54 Å². The maximum absolute atomic E-state index is 5.46. The molecule has 0 bridgehead atoms. The van der Waals surface area contributed by atoms with E-state index in [2.05, 4.69) is 24.0 Å². The van der Waals surface area contributed by atoms with Gasteiger partial charge in [-0.05, 0) is 31.2 Å². The van der Waals surface area contributed by atoms with Crippen LogP contribution in [-0.2, 0) is 6.42 Å². The minimum Gasteiger partial charge on any atom is -0.339 e. The van der Waals surface area contributed by atoms with Crippen molar-refractivity contribution in [1.29, 1.82) is 0 Å². The fourth-order valence-corrected chi connectivity index (χ4v) is 2.56. The number of aryl methyl sites for hydroxylation is 1. The SMILES string of the molecule is CC1(C)CCCC1c1nc(CCCN)no1. The molecule has 4 nitrogen and oxygen atoms in total. The molecule has 1 aromatic rings. The van der Waals surface area contributed by atoms with Crippen LogP contribution < -0.4 is 5.73 Å². The topological polar surface area (TPSA) is 64.9 Å². The molecule has 0 aromatic carbocycles. The Morgan fingerprint density at radius 2 is 2.31 bits per heavy atom. The first-order valence-corrected chi connectivity index (χ1v) is 6.16. The van der Waals surface area contributed by atoms with E-state index in [9.17, 15) is 0 Å². The van der Waals surface area contributed by atoms with Gasteiger partial charge in [0, 0.05) is 12.3 Å². The molecule has 2 rings (SSSR count). The van der Waals surface area contributed by atoms with Crippen LogP contribution in [0, 0.1) is 5.41 Å². The molecule has 0 saturated heterocycles. The highest BCUT2D eigenvalue weighted by Crippen LogP contribution is 2.48. The van der Waals surface area contributed by atoms with Crippen LogP contribution in [-0.4, -0.2) is 16.7 Å². The molecule has 1 aliphatic carbocycles. The maximum Gasteiger partial charge on any atom is 0.230 e. The summed E-state index contributed by atoms with van der Waals surface area (Å²) in [5, 5.41) is 4.02. The Bertz CT molecular complexity index is 346. The second kappa shape index (κ2) is 4.53. The molecule has 1 unspecified atom stereocenters. The van der Waals surface area contributed by atoms with Gasteiger partial charge in [0.1, 0.15) is 0 Å². The maximum atomic E-state index is 5.46. The fourth-order valence-electron chi connectivity index (χ4n) is 2.56. The van der Waals surface area contributed by atoms with Crippen LogP contribution in [0.1, 0.15) is 57.2 Å². The Morgan fingerprint density at radius 3 is 2.94 bits per heavy atom. The van der Waals surface area contributed by atoms with Crippen LogP contribution >= 0.6 is 0 Å². The second-order valence-electron chi connectivity index (χ2n) is 5.37. The molecule has 1 heterocycles. The Balaban J connectivity index is 2.06. The third-order valence-electron chi connectivity index (χ3n) is 3.64.